The van der Waals surface area contributed by atoms with E-state index < -0.39 is 0 Å². The Kier molecular flexibility index (Phi) is 7.80. The van der Waals surface area contributed by atoms with E-state index in [4.69, 9.17) is 4.74 Å². The molecule has 3 aromatic carbocycles. The van der Waals surface area contributed by atoms with E-state index >= 15 is 0 Å². The summed E-state index contributed by atoms with van der Waals surface area (Å²) in [4.78, 5) is 15.1. The number of amides is 1. The summed E-state index contributed by atoms with van der Waals surface area (Å²) in [5.74, 6) is 1.89. The van der Waals surface area contributed by atoms with Crippen molar-refractivity contribution in [1.29, 1.82) is 0 Å². The minimum atomic E-state index is -0.0603. The number of ether oxygens (including phenoxy) is 1. The third-order valence-corrected chi connectivity index (χ3v) is 7.62. The molecule has 1 aliphatic rings. The summed E-state index contributed by atoms with van der Waals surface area (Å²) in [6.07, 6.45) is 3.42. The molecule has 5 heteroatoms. The molecule has 5 nitrogen and oxygen atoms in total. The van der Waals surface area contributed by atoms with Crippen LogP contribution in [-0.4, -0.2) is 48.7 Å². The van der Waals surface area contributed by atoms with Crippen molar-refractivity contribution >= 4 is 27.6 Å². The summed E-state index contributed by atoms with van der Waals surface area (Å²) in [5, 5.41) is 6.46. The van der Waals surface area contributed by atoms with Gasteiger partial charge < -0.3 is 19.5 Å². The van der Waals surface area contributed by atoms with Crippen LogP contribution < -0.4 is 10.1 Å². The topological polar surface area (TPSA) is 46.5 Å². The molecule has 1 aliphatic heterocycles. The molecule has 0 radical (unpaired) electrons. The van der Waals surface area contributed by atoms with Crippen molar-refractivity contribution in [1.82, 2.24) is 14.8 Å². The first-order valence-electron chi connectivity index (χ1n) is 13.7. The van der Waals surface area contributed by atoms with Crippen molar-refractivity contribution in [2.75, 3.05) is 33.3 Å². The van der Waals surface area contributed by atoms with Crippen LogP contribution in [0.3, 0.4) is 0 Å². The van der Waals surface area contributed by atoms with Gasteiger partial charge in [0.1, 0.15) is 11.4 Å². The largest absolute Gasteiger partial charge is 0.493 e. The van der Waals surface area contributed by atoms with Gasteiger partial charge in [0.2, 0.25) is 0 Å². The Labute approximate surface area is 220 Å². The molecule has 1 saturated heterocycles. The van der Waals surface area contributed by atoms with Crippen LogP contribution in [0.2, 0.25) is 0 Å². The summed E-state index contributed by atoms with van der Waals surface area (Å²) in [6, 6.07) is 23.7. The molecular formula is C32H39N3O2. The number of rotatable bonds is 9. The molecule has 0 atom stereocenters. The van der Waals surface area contributed by atoms with Gasteiger partial charge in [-0.15, -0.1) is 0 Å². The highest BCUT2D eigenvalue weighted by atomic mass is 16.5. The highest BCUT2D eigenvalue weighted by Crippen LogP contribution is 2.31. The van der Waals surface area contributed by atoms with E-state index in [1.807, 2.05) is 18.2 Å². The molecule has 1 aromatic heterocycles. The number of hydrogen-bond donors (Lipinski definition) is 1. The van der Waals surface area contributed by atoms with Gasteiger partial charge in [-0.25, -0.2) is 0 Å². The summed E-state index contributed by atoms with van der Waals surface area (Å²) in [6.45, 7) is 9.15. The van der Waals surface area contributed by atoms with E-state index in [1.165, 1.54) is 29.2 Å². The average molecular weight is 498 g/mol. The lowest BCUT2D eigenvalue weighted by molar-refractivity contribution is 0.0953. The number of nitrogens with one attached hydrogen (secondary N) is 1. The maximum atomic E-state index is 12.5. The number of piperidine rings is 1. The number of carbonyl (C=O) groups is 1. The van der Waals surface area contributed by atoms with Gasteiger partial charge in [0.05, 0.1) is 12.1 Å². The molecule has 0 bridgehead atoms. The Morgan fingerprint density at radius 3 is 2.54 bits per heavy atom. The van der Waals surface area contributed by atoms with Crippen LogP contribution >= 0.6 is 0 Å². The predicted octanol–water partition coefficient (Wildman–Crippen LogP) is 6.46. The van der Waals surface area contributed by atoms with Crippen molar-refractivity contribution in [2.24, 2.45) is 5.92 Å². The minimum absolute atomic E-state index is 0.0603. The molecule has 37 heavy (non-hydrogen) atoms. The average Bonchev–Trinajstić information content (AvgIpc) is 3.29. The molecule has 0 aliphatic carbocycles. The number of fused-ring (bicyclic) bond motifs is 2. The Morgan fingerprint density at radius 2 is 1.78 bits per heavy atom. The summed E-state index contributed by atoms with van der Waals surface area (Å²) in [5.41, 5.74) is 3.23. The Morgan fingerprint density at radius 1 is 1.00 bits per heavy atom. The second-order valence-electron chi connectivity index (χ2n) is 10.7. The lowest BCUT2D eigenvalue weighted by Gasteiger charge is -2.32. The van der Waals surface area contributed by atoms with E-state index in [2.05, 4.69) is 77.2 Å². The fraction of sp³-hybridized carbons (Fsp3) is 0.406. The monoisotopic (exact) mass is 497 g/mol. The standard InChI is InChI=1S/C32H39N3O2/c1-23(2)22-35-29-10-6-11-31(28(29)21-30(35)32(36)33-3)37-19-7-16-34-17-14-25(15-18-34)27-13-12-24-8-4-5-9-26(24)20-27/h4-6,8-13,20-21,23,25H,7,14-19,22H2,1-3H3,(H,33,36). The molecule has 1 N–H and O–H groups in total. The number of likely N-dealkylation sites (tertiary alicyclic amines) is 1. The van der Waals surface area contributed by atoms with Crippen LogP contribution in [0, 0.1) is 5.92 Å². The van der Waals surface area contributed by atoms with Crippen LogP contribution in [0.25, 0.3) is 21.7 Å². The Bertz CT molecular complexity index is 1370. The van der Waals surface area contributed by atoms with Gasteiger partial charge in [0.15, 0.2) is 0 Å². The maximum absolute atomic E-state index is 12.5. The van der Waals surface area contributed by atoms with Gasteiger partial charge in [-0.3, -0.25) is 4.79 Å². The predicted molar refractivity (Wildman–Crippen MR) is 153 cm³/mol. The highest BCUT2D eigenvalue weighted by molar-refractivity contribution is 6.00. The van der Waals surface area contributed by atoms with E-state index in [1.54, 1.807) is 7.05 Å². The molecule has 0 saturated carbocycles. The first-order valence-corrected chi connectivity index (χ1v) is 13.7. The van der Waals surface area contributed by atoms with Crippen molar-refractivity contribution in [3.05, 3.63) is 78.0 Å². The number of benzene rings is 3. The lowest BCUT2D eigenvalue weighted by atomic mass is 9.88. The maximum Gasteiger partial charge on any atom is 0.267 e. The summed E-state index contributed by atoms with van der Waals surface area (Å²) < 4.78 is 8.37. The van der Waals surface area contributed by atoms with Crippen LogP contribution in [0.5, 0.6) is 5.75 Å². The van der Waals surface area contributed by atoms with Crippen LogP contribution in [0.15, 0.2) is 66.7 Å². The highest BCUT2D eigenvalue weighted by Gasteiger charge is 2.21. The normalized spacial score (nSPS) is 15.0. The first-order chi connectivity index (χ1) is 18.0. The van der Waals surface area contributed by atoms with Gasteiger partial charge in [0, 0.05) is 25.5 Å². The van der Waals surface area contributed by atoms with Gasteiger partial charge in [-0.2, -0.15) is 0 Å². The fourth-order valence-corrected chi connectivity index (χ4v) is 5.68. The van der Waals surface area contributed by atoms with Gasteiger partial charge in [-0.05, 0) is 78.7 Å². The summed E-state index contributed by atoms with van der Waals surface area (Å²) >= 11 is 0. The molecule has 1 fully saturated rings. The number of hydrogen-bond acceptors (Lipinski definition) is 3. The molecule has 0 unspecified atom stereocenters. The van der Waals surface area contributed by atoms with E-state index in [9.17, 15) is 4.79 Å². The van der Waals surface area contributed by atoms with Crippen LogP contribution in [0.1, 0.15) is 55.1 Å². The molecule has 1 amide bonds. The minimum Gasteiger partial charge on any atom is -0.493 e. The first kappa shape index (κ1) is 25.3. The fourth-order valence-electron chi connectivity index (χ4n) is 5.68. The number of carbonyl (C=O) groups excluding carboxylic acids is 1. The molecule has 194 valence electrons. The molecule has 4 aromatic rings. The third-order valence-electron chi connectivity index (χ3n) is 7.62. The zero-order chi connectivity index (χ0) is 25.8. The Hall–Kier alpha value is -3.31. The van der Waals surface area contributed by atoms with E-state index in [0.717, 1.165) is 49.3 Å². The van der Waals surface area contributed by atoms with Crippen molar-refractivity contribution in [2.45, 2.75) is 45.6 Å². The number of nitrogens with zero attached hydrogens (tertiary/aromatic N) is 2. The zero-order valence-electron chi connectivity index (χ0n) is 22.4. The van der Waals surface area contributed by atoms with Gasteiger partial charge in [-0.1, -0.05) is 62.4 Å². The van der Waals surface area contributed by atoms with Crippen molar-refractivity contribution in [3.63, 3.8) is 0 Å². The van der Waals surface area contributed by atoms with Gasteiger partial charge >= 0.3 is 0 Å². The third kappa shape index (κ3) is 5.67. The lowest BCUT2D eigenvalue weighted by Crippen LogP contribution is -2.34. The Balaban J connectivity index is 1.15. The van der Waals surface area contributed by atoms with Crippen LogP contribution in [-0.2, 0) is 6.54 Å². The second-order valence-corrected chi connectivity index (χ2v) is 10.7. The summed E-state index contributed by atoms with van der Waals surface area (Å²) in [7, 11) is 1.68. The van der Waals surface area contributed by atoms with Crippen molar-refractivity contribution in [3.8, 4) is 5.75 Å². The SMILES string of the molecule is CNC(=O)c1cc2c(OCCCN3CCC(c4ccc5ccccc5c4)CC3)cccc2n1CC(C)C. The quantitative estimate of drug-likeness (QED) is 0.270. The smallest absolute Gasteiger partial charge is 0.267 e. The van der Waals surface area contributed by atoms with E-state index in [-0.39, 0.29) is 5.91 Å². The number of aromatic nitrogens is 1. The van der Waals surface area contributed by atoms with Crippen LogP contribution in [0.4, 0.5) is 0 Å². The van der Waals surface area contributed by atoms with Gasteiger partial charge in [0.25, 0.3) is 5.91 Å². The molecule has 5 rings (SSSR count). The van der Waals surface area contributed by atoms with Crippen molar-refractivity contribution < 1.29 is 9.53 Å². The molecular weight excluding hydrogens is 458 g/mol. The zero-order valence-corrected chi connectivity index (χ0v) is 22.4. The van der Waals surface area contributed by atoms with E-state index in [0.29, 0.717) is 24.1 Å². The molecule has 0 spiro atoms. The second kappa shape index (κ2) is 11.4. The molecule has 2 heterocycles.